The second kappa shape index (κ2) is 5.27. The van der Waals surface area contributed by atoms with Crippen LogP contribution in [0, 0.1) is 12.3 Å². The maximum absolute atomic E-state index is 5.83. The van der Waals surface area contributed by atoms with Crippen LogP contribution in [0.4, 0.5) is 5.69 Å². The highest BCUT2D eigenvalue weighted by molar-refractivity contribution is 5.49. The van der Waals surface area contributed by atoms with E-state index in [9.17, 15) is 0 Å². The van der Waals surface area contributed by atoms with Crippen molar-refractivity contribution in [2.75, 3.05) is 11.9 Å². The van der Waals surface area contributed by atoms with Gasteiger partial charge in [-0.2, -0.15) is 0 Å². The molecule has 1 heterocycles. The first kappa shape index (κ1) is 13.3. The van der Waals surface area contributed by atoms with E-state index >= 15 is 0 Å². The molecule has 1 aliphatic carbocycles. The summed E-state index contributed by atoms with van der Waals surface area (Å²) in [6, 6.07) is 2.53. The molecule has 2 rings (SSSR count). The Morgan fingerprint density at radius 2 is 2.28 bits per heavy atom. The minimum absolute atomic E-state index is 0.234. The molecule has 1 aromatic rings. The number of ether oxygens (including phenoxy) is 1. The number of pyridine rings is 1. The van der Waals surface area contributed by atoms with Crippen molar-refractivity contribution < 1.29 is 4.74 Å². The lowest BCUT2D eigenvalue weighted by molar-refractivity contribution is -0.109. The monoisotopic (exact) mass is 248 g/mol. The van der Waals surface area contributed by atoms with Gasteiger partial charge in [0.25, 0.3) is 0 Å². The zero-order valence-electron chi connectivity index (χ0n) is 11.9. The molecule has 0 spiro atoms. The van der Waals surface area contributed by atoms with Crippen molar-refractivity contribution in [2.24, 2.45) is 5.41 Å². The molecule has 1 saturated carbocycles. The molecule has 100 valence electrons. The number of nitrogens with one attached hydrogen (secondary N) is 1. The van der Waals surface area contributed by atoms with Gasteiger partial charge in [-0.3, -0.25) is 4.98 Å². The highest BCUT2D eigenvalue weighted by Gasteiger charge is 2.51. The summed E-state index contributed by atoms with van der Waals surface area (Å²) in [5.41, 5.74) is 2.64. The van der Waals surface area contributed by atoms with Gasteiger partial charge >= 0.3 is 0 Å². The number of aryl methyl sites for hydroxylation is 1. The third kappa shape index (κ3) is 2.24. The molecule has 3 heteroatoms. The van der Waals surface area contributed by atoms with E-state index in [1.165, 1.54) is 5.56 Å². The molecule has 3 atom stereocenters. The van der Waals surface area contributed by atoms with Gasteiger partial charge in [-0.25, -0.2) is 0 Å². The summed E-state index contributed by atoms with van der Waals surface area (Å²) in [6.07, 6.45) is 6.37. The van der Waals surface area contributed by atoms with Crippen LogP contribution in [0.25, 0.3) is 0 Å². The molecule has 1 N–H and O–H groups in total. The number of rotatable bonds is 5. The molecule has 0 aliphatic heterocycles. The number of hydrogen-bond donors (Lipinski definition) is 1. The molecule has 1 aliphatic rings. The third-order valence-electron chi connectivity index (χ3n) is 4.48. The Kier molecular flexibility index (Phi) is 3.91. The van der Waals surface area contributed by atoms with Crippen LogP contribution in [0.5, 0.6) is 0 Å². The fourth-order valence-electron chi connectivity index (χ4n) is 2.78. The smallest absolute Gasteiger partial charge is 0.0667 e. The van der Waals surface area contributed by atoms with E-state index in [0.717, 1.165) is 25.1 Å². The standard InChI is InChI=1S/C15H24N2O/c1-5-15(4)13(9-14(15)18-6-2)17-12-10-16-8-7-11(12)3/h7-8,10,13-14,17H,5-6,9H2,1-4H3. The first-order valence-electron chi connectivity index (χ1n) is 6.90. The van der Waals surface area contributed by atoms with Gasteiger partial charge in [0.1, 0.15) is 0 Å². The fraction of sp³-hybridized carbons (Fsp3) is 0.667. The van der Waals surface area contributed by atoms with Crippen molar-refractivity contribution in [3.8, 4) is 0 Å². The van der Waals surface area contributed by atoms with E-state index < -0.39 is 0 Å². The Labute approximate surface area is 110 Å². The van der Waals surface area contributed by atoms with Gasteiger partial charge in [-0.15, -0.1) is 0 Å². The molecule has 0 saturated heterocycles. The van der Waals surface area contributed by atoms with Crippen LogP contribution in [-0.4, -0.2) is 23.7 Å². The number of nitrogens with zero attached hydrogens (tertiary/aromatic N) is 1. The Hall–Kier alpha value is -1.09. The van der Waals surface area contributed by atoms with E-state index in [0.29, 0.717) is 12.1 Å². The topological polar surface area (TPSA) is 34.1 Å². The van der Waals surface area contributed by atoms with Gasteiger partial charge in [-0.1, -0.05) is 13.8 Å². The highest BCUT2D eigenvalue weighted by Crippen LogP contribution is 2.47. The van der Waals surface area contributed by atoms with Gasteiger partial charge in [0.2, 0.25) is 0 Å². The Balaban J connectivity index is 2.06. The number of anilines is 1. The van der Waals surface area contributed by atoms with Crippen molar-refractivity contribution in [3.05, 3.63) is 24.0 Å². The lowest BCUT2D eigenvalue weighted by Crippen LogP contribution is -2.59. The highest BCUT2D eigenvalue weighted by atomic mass is 16.5. The van der Waals surface area contributed by atoms with E-state index in [1.807, 2.05) is 18.5 Å². The Bertz CT molecular complexity index is 407. The van der Waals surface area contributed by atoms with Crippen molar-refractivity contribution in [3.63, 3.8) is 0 Å². The molecule has 0 radical (unpaired) electrons. The van der Waals surface area contributed by atoms with Gasteiger partial charge in [-0.05, 0) is 38.3 Å². The first-order chi connectivity index (χ1) is 8.61. The molecular formula is C15H24N2O. The van der Waals surface area contributed by atoms with Gasteiger partial charge < -0.3 is 10.1 Å². The molecule has 3 unspecified atom stereocenters. The van der Waals surface area contributed by atoms with E-state index in [4.69, 9.17) is 4.74 Å². The van der Waals surface area contributed by atoms with Crippen LogP contribution >= 0.6 is 0 Å². The number of hydrogen-bond acceptors (Lipinski definition) is 3. The quantitative estimate of drug-likeness (QED) is 0.867. The molecule has 18 heavy (non-hydrogen) atoms. The zero-order chi connectivity index (χ0) is 13.2. The SMILES string of the molecule is CCOC1CC(Nc2cnccc2C)C1(C)CC. The zero-order valence-corrected chi connectivity index (χ0v) is 11.9. The first-order valence-corrected chi connectivity index (χ1v) is 6.90. The van der Waals surface area contributed by atoms with Crippen LogP contribution in [0.15, 0.2) is 18.5 Å². The Morgan fingerprint density at radius 3 is 2.89 bits per heavy atom. The minimum atomic E-state index is 0.234. The van der Waals surface area contributed by atoms with Crippen LogP contribution in [0.1, 0.15) is 39.2 Å². The minimum Gasteiger partial charge on any atom is -0.380 e. The lowest BCUT2D eigenvalue weighted by Gasteiger charge is -2.54. The van der Waals surface area contributed by atoms with Crippen LogP contribution in [0.2, 0.25) is 0 Å². The fourth-order valence-corrected chi connectivity index (χ4v) is 2.78. The summed E-state index contributed by atoms with van der Waals surface area (Å²) in [6.45, 7) is 9.56. The third-order valence-corrected chi connectivity index (χ3v) is 4.48. The predicted octanol–water partition coefficient (Wildman–Crippen LogP) is 3.40. The normalized spacial score (nSPS) is 30.9. The summed E-state index contributed by atoms with van der Waals surface area (Å²) in [5.74, 6) is 0. The average molecular weight is 248 g/mol. The van der Waals surface area contributed by atoms with Crippen LogP contribution < -0.4 is 5.32 Å². The second-order valence-corrected chi connectivity index (χ2v) is 5.43. The molecule has 3 nitrogen and oxygen atoms in total. The molecule has 1 aromatic heterocycles. The molecular weight excluding hydrogens is 224 g/mol. The molecule has 0 aromatic carbocycles. The summed E-state index contributed by atoms with van der Waals surface area (Å²) >= 11 is 0. The second-order valence-electron chi connectivity index (χ2n) is 5.43. The van der Waals surface area contributed by atoms with E-state index in [2.05, 4.69) is 38.0 Å². The summed E-state index contributed by atoms with van der Waals surface area (Å²) < 4.78 is 5.83. The number of aromatic nitrogens is 1. The van der Waals surface area contributed by atoms with Crippen LogP contribution in [-0.2, 0) is 4.74 Å². The van der Waals surface area contributed by atoms with Crippen molar-refractivity contribution >= 4 is 5.69 Å². The van der Waals surface area contributed by atoms with Crippen molar-refractivity contribution in [2.45, 2.75) is 52.7 Å². The van der Waals surface area contributed by atoms with E-state index in [-0.39, 0.29) is 5.41 Å². The summed E-state index contributed by atoms with van der Waals surface area (Å²) in [5, 5.41) is 3.63. The predicted molar refractivity (Wildman–Crippen MR) is 74.8 cm³/mol. The summed E-state index contributed by atoms with van der Waals surface area (Å²) in [4.78, 5) is 4.19. The maximum atomic E-state index is 5.83. The lowest BCUT2D eigenvalue weighted by atomic mass is 9.61. The summed E-state index contributed by atoms with van der Waals surface area (Å²) in [7, 11) is 0. The molecule has 0 bridgehead atoms. The van der Waals surface area contributed by atoms with Gasteiger partial charge in [0.15, 0.2) is 0 Å². The average Bonchev–Trinajstić information content (AvgIpc) is 2.38. The van der Waals surface area contributed by atoms with Gasteiger partial charge in [0, 0.05) is 24.3 Å². The molecule has 0 amide bonds. The maximum Gasteiger partial charge on any atom is 0.0667 e. The van der Waals surface area contributed by atoms with Crippen molar-refractivity contribution in [1.82, 2.24) is 4.98 Å². The van der Waals surface area contributed by atoms with Crippen molar-refractivity contribution in [1.29, 1.82) is 0 Å². The Morgan fingerprint density at radius 1 is 1.50 bits per heavy atom. The van der Waals surface area contributed by atoms with Crippen LogP contribution in [0.3, 0.4) is 0 Å². The largest absolute Gasteiger partial charge is 0.380 e. The molecule has 1 fully saturated rings. The van der Waals surface area contributed by atoms with E-state index in [1.54, 1.807) is 0 Å². The van der Waals surface area contributed by atoms with Gasteiger partial charge in [0.05, 0.1) is 18.0 Å².